The van der Waals surface area contributed by atoms with Crippen LogP contribution < -0.4 is 10.4 Å². The monoisotopic (exact) mass is 352 g/mol. The summed E-state index contributed by atoms with van der Waals surface area (Å²) in [4.78, 5) is 26.2. The maximum Gasteiger partial charge on any atom is 0.225 e. The quantitative estimate of drug-likeness (QED) is 0.674. The van der Waals surface area contributed by atoms with Crippen LogP contribution in [0.1, 0.15) is 53.5 Å². The molecule has 1 aromatic rings. The summed E-state index contributed by atoms with van der Waals surface area (Å²) in [6.45, 7) is 12.6. The molecule has 2 aliphatic carbocycles. The summed E-state index contributed by atoms with van der Waals surface area (Å²) >= 11 is 0. The summed E-state index contributed by atoms with van der Waals surface area (Å²) in [6.07, 6.45) is 2.74. The minimum Gasteiger partial charge on any atom is -0.373 e. The molecule has 0 radical (unpaired) electrons. The number of benzene rings is 1. The van der Waals surface area contributed by atoms with Gasteiger partial charge >= 0.3 is 0 Å². The number of carbonyl (C=O) groups excluding carboxylic acids is 2. The predicted octanol–water partition coefficient (Wildman–Crippen LogP) is 2.52. The van der Waals surface area contributed by atoms with Gasteiger partial charge in [-0.15, -0.1) is 0 Å². The Morgan fingerprint density at radius 1 is 1.15 bits per heavy atom. The van der Waals surface area contributed by atoms with Crippen molar-refractivity contribution in [3.8, 4) is 0 Å². The molecule has 0 spiro atoms. The fourth-order valence-electron chi connectivity index (χ4n) is 4.85. The molecule has 1 saturated heterocycles. The molecule has 26 heavy (non-hydrogen) atoms. The summed E-state index contributed by atoms with van der Waals surface area (Å²) in [5.41, 5.74) is 1.55. The summed E-state index contributed by atoms with van der Waals surface area (Å²) in [6, 6.07) is 6.33. The maximum absolute atomic E-state index is 13.2. The van der Waals surface area contributed by atoms with Crippen LogP contribution in [0.4, 0.5) is 0 Å². The Bertz CT molecular complexity index is 929. The number of carbonyl (C=O) groups is 2. The van der Waals surface area contributed by atoms with E-state index in [0.29, 0.717) is 5.57 Å². The van der Waals surface area contributed by atoms with E-state index in [9.17, 15) is 9.59 Å². The van der Waals surface area contributed by atoms with Gasteiger partial charge in [0.05, 0.1) is 18.1 Å². The third kappa shape index (κ3) is 2.29. The fraction of sp³-hybridized carbons (Fsp3) is 0.565. The van der Waals surface area contributed by atoms with Gasteiger partial charge in [0.2, 0.25) is 11.6 Å². The molecule has 3 nitrogen and oxygen atoms in total. The first-order valence-electron chi connectivity index (χ1n) is 9.62. The van der Waals surface area contributed by atoms with E-state index in [0.717, 1.165) is 16.9 Å². The van der Waals surface area contributed by atoms with E-state index in [4.69, 9.17) is 4.74 Å². The molecule has 1 aromatic carbocycles. The van der Waals surface area contributed by atoms with Gasteiger partial charge in [-0.25, -0.2) is 0 Å². The van der Waals surface area contributed by atoms with Crippen LogP contribution in [0, 0.1) is 17.3 Å². The normalized spacial score (nSPS) is 32.6. The molecule has 4 unspecified atom stereocenters. The number of hydrogen-bond acceptors (Lipinski definition) is 3. The molecule has 1 aliphatic heterocycles. The third-order valence-corrected chi connectivity index (χ3v) is 6.86. The first-order chi connectivity index (χ1) is 12.0. The molecule has 0 aromatic heterocycles. The summed E-state index contributed by atoms with van der Waals surface area (Å²) in [5.74, 6) is -0.899. The first kappa shape index (κ1) is 17.7. The summed E-state index contributed by atoms with van der Waals surface area (Å²) in [7, 11) is 0. The van der Waals surface area contributed by atoms with Gasteiger partial charge in [0.1, 0.15) is 0 Å². The molecule has 3 aliphatic rings. The zero-order valence-corrected chi connectivity index (χ0v) is 16.6. The second-order valence-electron chi connectivity index (χ2n) is 9.75. The van der Waals surface area contributed by atoms with Gasteiger partial charge in [0.15, 0.2) is 0 Å². The standard InChI is InChI=1S/C23H28O3/c1-12-23(5,6)18-20(25)19(24)17-15(21(18)26-12)10-8-13-7-9-14(11-16(13)17)22(2,3)4/h7-9,11-12,15,18,21H,10H2,1-6H3. The van der Waals surface area contributed by atoms with Crippen molar-refractivity contribution in [2.75, 3.05) is 0 Å². The Kier molecular flexibility index (Phi) is 3.66. The molecule has 4 atom stereocenters. The lowest BCUT2D eigenvalue weighted by atomic mass is 9.62. The van der Waals surface area contributed by atoms with Crippen LogP contribution in [0.25, 0.3) is 11.6 Å². The Morgan fingerprint density at radius 3 is 2.50 bits per heavy atom. The Hall–Kier alpha value is -1.74. The number of Topliss-reactive ketones (excluding diaryl/α,β-unsaturated/α-hetero) is 2. The van der Waals surface area contributed by atoms with E-state index < -0.39 is 0 Å². The molecule has 0 bridgehead atoms. The first-order valence-corrected chi connectivity index (χ1v) is 9.62. The zero-order chi connectivity index (χ0) is 19.0. The van der Waals surface area contributed by atoms with E-state index in [-0.39, 0.29) is 46.4 Å². The second kappa shape index (κ2) is 5.39. The maximum atomic E-state index is 13.2. The van der Waals surface area contributed by atoms with E-state index in [1.54, 1.807) is 0 Å². The smallest absolute Gasteiger partial charge is 0.225 e. The van der Waals surface area contributed by atoms with Crippen molar-refractivity contribution in [3.05, 3.63) is 34.2 Å². The van der Waals surface area contributed by atoms with E-state index in [1.165, 1.54) is 5.56 Å². The van der Waals surface area contributed by atoms with Crippen molar-refractivity contribution in [1.29, 1.82) is 0 Å². The van der Waals surface area contributed by atoms with Crippen molar-refractivity contribution < 1.29 is 14.3 Å². The molecule has 2 fully saturated rings. The minimum atomic E-state index is -0.334. The third-order valence-electron chi connectivity index (χ3n) is 6.86. The highest BCUT2D eigenvalue weighted by molar-refractivity contribution is 6.54. The van der Waals surface area contributed by atoms with E-state index in [1.807, 2.05) is 6.92 Å². The van der Waals surface area contributed by atoms with Gasteiger partial charge < -0.3 is 4.74 Å². The van der Waals surface area contributed by atoms with Gasteiger partial charge in [-0.05, 0) is 34.8 Å². The van der Waals surface area contributed by atoms with Crippen LogP contribution in [-0.4, -0.2) is 23.8 Å². The highest BCUT2D eigenvalue weighted by Gasteiger charge is 2.59. The summed E-state index contributed by atoms with van der Waals surface area (Å²) < 4.78 is 6.27. The molecule has 3 heteroatoms. The highest BCUT2D eigenvalue weighted by atomic mass is 16.5. The van der Waals surface area contributed by atoms with Crippen molar-refractivity contribution in [2.45, 2.75) is 65.6 Å². The predicted molar refractivity (Wildman–Crippen MR) is 102 cm³/mol. The van der Waals surface area contributed by atoms with Gasteiger partial charge in [0, 0.05) is 16.9 Å². The lowest BCUT2D eigenvalue weighted by molar-refractivity contribution is -0.141. The molecule has 0 N–H and O–H groups in total. The average Bonchev–Trinajstić information content (AvgIpc) is 2.80. The molecular formula is C23H28O3. The van der Waals surface area contributed by atoms with Gasteiger partial charge in [-0.3, -0.25) is 9.59 Å². The van der Waals surface area contributed by atoms with Crippen LogP contribution in [0.2, 0.25) is 0 Å². The number of fused-ring (bicyclic) bond motifs is 4. The number of hydrogen-bond donors (Lipinski definition) is 0. The van der Waals surface area contributed by atoms with Crippen LogP contribution >= 0.6 is 0 Å². The largest absolute Gasteiger partial charge is 0.373 e. The van der Waals surface area contributed by atoms with Gasteiger partial charge in [-0.1, -0.05) is 58.9 Å². The second-order valence-corrected chi connectivity index (χ2v) is 9.75. The molecule has 138 valence electrons. The van der Waals surface area contributed by atoms with Crippen LogP contribution in [0.15, 0.2) is 18.2 Å². The van der Waals surface area contributed by atoms with E-state index in [2.05, 4.69) is 58.9 Å². The van der Waals surface area contributed by atoms with Crippen LogP contribution in [0.3, 0.4) is 0 Å². The van der Waals surface area contributed by atoms with Crippen molar-refractivity contribution in [3.63, 3.8) is 0 Å². The molecule has 0 amide bonds. The summed E-state index contributed by atoms with van der Waals surface area (Å²) in [5, 5.41) is 2.00. The van der Waals surface area contributed by atoms with Gasteiger partial charge in [-0.2, -0.15) is 0 Å². The zero-order valence-electron chi connectivity index (χ0n) is 16.6. The van der Waals surface area contributed by atoms with E-state index >= 15 is 0 Å². The fourth-order valence-corrected chi connectivity index (χ4v) is 4.85. The average molecular weight is 352 g/mol. The van der Waals surface area contributed by atoms with Crippen molar-refractivity contribution >= 4 is 23.2 Å². The van der Waals surface area contributed by atoms with Crippen LogP contribution in [0.5, 0.6) is 0 Å². The lowest BCUT2D eigenvalue weighted by Crippen LogP contribution is -2.52. The van der Waals surface area contributed by atoms with Crippen molar-refractivity contribution in [1.82, 2.24) is 0 Å². The highest BCUT2D eigenvalue weighted by Crippen LogP contribution is 2.51. The van der Waals surface area contributed by atoms with Crippen LogP contribution in [-0.2, 0) is 19.7 Å². The SMILES string of the molecule is CC1OC2C3CC=c4ccc(C(C)(C)C)cc4=C3C(=O)C(=O)C2C1(C)C. The number of ketones is 2. The Morgan fingerprint density at radius 2 is 1.85 bits per heavy atom. The number of ether oxygens (including phenoxy) is 1. The van der Waals surface area contributed by atoms with Gasteiger partial charge in [0.25, 0.3) is 0 Å². The Labute approximate surface area is 155 Å². The number of rotatable bonds is 0. The Balaban J connectivity index is 1.95. The molecule has 1 saturated carbocycles. The van der Waals surface area contributed by atoms with Crippen molar-refractivity contribution in [2.24, 2.45) is 17.3 Å². The molecular weight excluding hydrogens is 324 g/mol. The topological polar surface area (TPSA) is 43.4 Å². The minimum absolute atomic E-state index is 0.00679. The molecule has 1 heterocycles. The molecule has 4 rings (SSSR count). The lowest BCUT2D eigenvalue weighted by Gasteiger charge is -2.37.